The van der Waals surface area contributed by atoms with Gasteiger partial charge in [0.25, 0.3) is 11.8 Å². The molecule has 6 nitrogen and oxygen atoms in total. The molecule has 0 saturated carbocycles. The van der Waals surface area contributed by atoms with Crippen LogP contribution in [0.25, 0.3) is 11.8 Å². The molecule has 2 aromatic carbocycles. The standard InChI is InChI=1S/C23H17BrIN3O3/c1-13-10-15(14(2)27(13)19-5-3-4-17(25)12-19)11-20-21(29)26-23(31)28(22(20)30)18-8-6-16(24)7-9-18/h3-12H,1-2H3,(H,26,29,31)/b20-11+. The fourth-order valence-electron chi connectivity index (χ4n) is 3.58. The van der Waals surface area contributed by atoms with Gasteiger partial charge in [-0.25, -0.2) is 9.69 Å². The topological polar surface area (TPSA) is 71.4 Å². The fourth-order valence-corrected chi connectivity index (χ4v) is 4.37. The van der Waals surface area contributed by atoms with E-state index in [-0.39, 0.29) is 5.57 Å². The number of nitrogens with one attached hydrogen (secondary N) is 1. The van der Waals surface area contributed by atoms with Crippen molar-refractivity contribution in [2.45, 2.75) is 13.8 Å². The van der Waals surface area contributed by atoms with Crippen molar-refractivity contribution in [3.05, 3.63) is 85.2 Å². The van der Waals surface area contributed by atoms with Gasteiger partial charge in [-0.1, -0.05) is 22.0 Å². The van der Waals surface area contributed by atoms with E-state index in [0.29, 0.717) is 5.69 Å². The number of hydrogen-bond acceptors (Lipinski definition) is 3. The molecule has 0 unspecified atom stereocenters. The smallest absolute Gasteiger partial charge is 0.318 e. The maximum Gasteiger partial charge on any atom is 0.335 e. The third-order valence-corrected chi connectivity index (χ3v) is 6.22. The molecule has 2 heterocycles. The molecule has 0 aliphatic carbocycles. The zero-order valence-electron chi connectivity index (χ0n) is 16.6. The Kier molecular flexibility index (Phi) is 5.85. The predicted octanol–water partition coefficient (Wildman–Crippen LogP) is 5.13. The molecule has 1 N–H and O–H groups in total. The molecular formula is C23H17BrIN3O3. The van der Waals surface area contributed by atoms with Gasteiger partial charge in [0.15, 0.2) is 0 Å². The van der Waals surface area contributed by atoms with E-state index >= 15 is 0 Å². The van der Waals surface area contributed by atoms with Crippen molar-refractivity contribution in [2.75, 3.05) is 4.90 Å². The molecule has 156 valence electrons. The van der Waals surface area contributed by atoms with Crippen LogP contribution >= 0.6 is 38.5 Å². The molecule has 1 fully saturated rings. The molecule has 3 aromatic rings. The van der Waals surface area contributed by atoms with E-state index < -0.39 is 17.8 Å². The predicted molar refractivity (Wildman–Crippen MR) is 131 cm³/mol. The molecule has 8 heteroatoms. The summed E-state index contributed by atoms with van der Waals surface area (Å²) in [5.74, 6) is -1.36. The summed E-state index contributed by atoms with van der Waals surface area (Å²) < 4.78 is 3.99. The number of aromatic nitrogens is 1. The van der Waals surface area contributed by atoms with E-state index in [2.05, 4.69) is 54.5 Å². The molecule has 1 aliphatic heterocycles. The lowest BCUT2D eigenvalue weighted by atomic mass is 10.1. The van der Waals surface area contributed by atoms with Gasteiger partial charge in [-0.3, -0.25) is 14.9 Å². The lowest BCUT2D eigenvalue weighted by Gasteiger charge is -2.26. The van der Waals surface area contributed by atoms with Crippen LogP contribution in [0.1, 0.15) is 17.0 Å². The fraction of sp³-hybridized carbons (Fsp3) is 0.0870. The minimum atomic E-state index is -0.765. The first-order valence-electron chi connectivity index (χ1n) is 9.38. The lowest BCUT2D eigenvalue weighted by molar-refractivity contribution is -0.122. The Labute approximate surface area is 201 Å². The van der Waals surface area contributed by atoms with Crippen molar-refractivity contribution in [1.82, 2.24) is 9.88 Å². The average Bonchev–Trinajstić information content (AvgIpc) is 2.99. The molecule has 4 amide bonds. The Morgan fingerprint density at radius 2 is 1.68 bits per heavy atom. The highest BCUT2D eigenvalue weighted by Crippen LogP contribution is 2.27. The van der Waals surface area contributed by atoms with Gasteiger partial charge in [0, 0.05) is 25.1 Å². The lowest BCUT2D eigenvalue weighted by Crippen LogP contribution is -2.54. The first-order valence-corrected chi connectivity index (χ1v) is 11.3. The normalized spacial score (nSPS) is 15.5. The first-order chi connectivity index (χ1) is 14.8. The van der Waals surface area contributed by atoms with Crippen molar-refractivity contribution in [1.29, 1.82) is 0 Å². The van der Waals surface area contributed by atoms with E-state index in [1.54, 1.807) is 30.3 Å². The van der Waals surface area contributed by atoms with Crippen molar-refractivity contribution >= 4 is 68.1 Å². The number of barbiturate groups is 1. The van der Waals surface area contributed by atoms with Gasteiger partial charge in [0.2, 0.25) is 0 Å². The highest BCUT2D eigenvalue weighted by Gasteiger charge is 2.37. The SMILES string of the molecule is Cc1cc(/C=C2\C(=O)NC(=O)N(c3ccc(Br)cc3)C2=O)c(C)n1-c1cccc(I)c1. The Bertz CT molecular complexity index is 1260. The molecule has 1 aromatic heterocycles. The Morgan fingerprint density at radius 1 is 0.968 bits per heavy atom. The van der Waals surface area contributed by atoms with Crippen molar-refractivity contribution < 1.29 is 14.4 Å². The second kappa shape index (κ2) is 8.43. The van der Waals surface area contributed by atoms with Crippen LogP contribution in [0.5, 0.6) is 0 Å². The summed E-state index contributed by atoms with van der Waals surface area (Å²) in [4.78, 5) is 39.0. The van der Waals surface area contributed by atoms with Gasteiger partial charge in [0.1, 0.15) is 5.57 Å². The summed E-state index contributed by atoms with van der Waals surface area (Å²) in [6.45, 7) is 3.90. The van der Waals surface area contributed by atoms with Crippen molar-refractivity contribution in [3.8, 4) is 5.69 Å². The Balaban J connectivity index is 1.76. The number of benzene rings is 2. The Hall–Kier alpha value is -2.72. The van der Waals surface area contributed by atoms with Crippen LogP contribution in [0.15, 0.2) is 64.6 Å². The van der Waals surface area contributed by atoms with Crippen LogP contribution in [0, 0.1) is 17.4 Å². The number of hydrogen-bond donors (Lipinski definition) is 1. The average molecular weight is 590 g/mol. The number of carbonyl (C=O) groups excluding carboxylic acids is 3. The van der Waals surface area contributed by atoms with Gasteiger partial charge in [0.05, 0.1) is 5.69 Å². The summed E-state index contributed by atoms with van der Waals surface area (Å²) in [7, 11) is 0. The molecule has 0 atom stereocenters. The zero-order valence-corrected chi connectivity index (χ0v) is 20.4. The number of aryl methyl sites for hydroxylation is 1. The molecule has 1 saturated heterocycles. The van der Waals surface area contributed by atoms with Crippen LogP contribution < -0.4 is 10.2 Å². The number of carbonyl (C=O) groups is 3. The molecule has 4 rings (SSSR count). The van der Waals surface area contributed by atoms with Crippen LogP contribution in [0.3, 0.4) is 0 Å². The largest absolute Gasteiger partial charge is 0.335 e. The van der Waals surface area contributed by atoms with E-state index in [1.807, 2.05) is 38.1 Å². The second-order valence-electron chi connectivity index (χ2n) is 7.08. The van der Waals surface area contributed by atoms with E-state index in [4.69, 9.17) is 0 Å². The van der Waals surface area contributed by atoms with Gasteiger partial charge >= 0.3 is 6.03 Å². The van der Waals surface area contributed by atoms with Crippen LogP contribution in [-0.2, 0) is 9.59 Å². The number of rotatable bonds is 3. The number of nitrogens with zero attached hydrogens (tertiary/aromatic N) is 2. The third-order valence-electron chi connectivity index (χ3n) is 5.02. The highest BCUT2D eigenvalue weighted by molar-refractivity contribution is 14.1. The number of imide groups is 2. The summed E-state index contributed by atoms with van der Waals surface area (Å²) in [6.07, 6.45) is 1.54. The van der Waals surface area contributed by atoms with E-state index in [9.17, 15) is 14.4 Å². The number of halogens is 2. The van der Waals surface area contributed by atoms with E-state index in [0.717, 1.165) is 35.6 Å². The Morgan fingerprint density at radius 3 is 2.35 bits per heavy atom. The molecule has 1 aliphatic rings. The van der Waals surface area contributed by atoms with Crippen LogP contribution in [0.4, 0.5) is 10.5 Å². The maximum absolute atomic E-state index is 13.1. The van der Waals surface area contributed by atoms with Crippen molar-refractivity contribution in [3.63, 3.8) is 0 Å². The van der Waals surface area contributed by atoms with Crippen molar-refractivity contribution in [2.24, 2.45) is 0 Å². The summed E-state index contributed by atoms with van der Waals surface area (Å²) in [5, 5.41) is 2.26. The number of urea groups is 1. The van der Waals surface area contributed by atoms with Gasteiger partial charge in [-0.2, -0.15) is 0 Å². The van der Waals surface area contributed by atoms with E-state index in [1.165, 1.54) is 0 Å². The summed E-state index contributed by atoms with van der Waals surface area (Å²) >= 11 is 5.59. The van der Waals surface area contributed by atoms with Crippen LogP contribution in [0.2, 0.25) is 0 Å². The number of anilines is 1. The van der Waals surface area contributed by atoms with Crippen LogP contribution in [-0.4, -0.2) is 22.4 Å². The zero-order chi connectivity index (χ0) is 22.3. The summed E-state index contributed by atoms with van der Waals surface area (Å²) in [5.41, 5.74) is 3.88. The minimum Gasteiger partial charge on any atom is -0.318 e. The number of amides is 4. The van der Waals surface area contributed by atoms with Gasteiger partial charge in [-0.15, -0.1) is 0 Å². The maximum atomic E-state index is 13.1. The second-order valence-corrected chi connectivity index (χ2v) is 9.24. The van der Waals surface area contributed by atoms with Gasteiger partial charge < -0.3 is 4.57 Å². The monoisotopic (exact) mass is 589 g/mol. The molecule has 0 radical (unpaired) electrons. The molecular weight excluding hydrogens is 573 g/mol. The quantitative estimate of drug-likeness (QED) is 0.262. The molecule has 0 bridgehead atoms. The molecule has 31 heavy (non-hydrogen) atoms. The minimum absolute atomic E-state index is 0.0922. The first kappa shape index (κ1) is 21.5. The summed E-state index contributed by atoms with van der Waals surface area (Å²) in [6, 6.07) is 15.9. The van der Waals surface area contributed by atoms with Gasteiger partial charge in [-0.05, 0) is 96.6 Å². The molecule has 0 spiro atoms. The highest BCUT2D eigenvalue weighted by atomic mass is 127. The third kappa shape index (κ3) is 4.09.